The van der Waals surface area contributed by atoms with Crippen LogP contribution in [0.1, 0.15) is 290 Å². The third-order valence-corrected chi connectivity index (χ3v) is 19.7. The molecule has 11 N–H and O–H groups in total. The van der Waals surface area contributed by atoms with Gasteiger partial charge in [-0.15, -0.1) is 0 Å². The fraction of sp³-hybridized carbons (Fsp3) is 0.904. The van der Waals surface area contributed by atoms with E-state index in [1.165, 1.54) is 135 Å². The lowest BCUT2D eigenvalue weighted by atomic mass is 9.84. The molecule has 98 heavy (non-hydrogen) atoms. The largest absolute Gasteiger partial charge is 0.472 e. The van der Waals surface area contributed by atoms with Gasteiger partial charge in [-0.2, -0.15) is 0 Å². The fourth-order valence-corrected chi connectivity index (χ4v) is 13.4. The number of phosphoric acid groups is 1. The Hall–Kier alpha value is -2.56. The van der Waals surface area contributed by atoms with Gasteiger partial charge in [0.2, 0.25) is 0 Å². The Balaban J connectivity index is 1.74. The van der Waals surface area contributed by atoms with E-state index in [9.17, 15) is 74.9 Å². The van der Waals surface area contributed by atoms with Crippen molar-refractivity contribution in [3.63, 3.8) is 0 Å². The molecule has 0 amide bonds. The number of hydrogen-bond donors (Lipinski definition) is 11. The summed E-state index contributed by atoms with van der Waals surface area (Å²) in [5.74, 6) is -2.02. The summed E-state index contributed by atoms with van der Waals surface area (Å²) in [6.07, 6.45) is 15.3. The van der Waals surface area contributed by atoms with Crippen LogP contribution in [0.25, 0.3) is 0 Å². The first kappa shape index (κ1) is 89.7. The van der Waals surface area contributed by atoms with E-state index in [-0.39, 0.29) is 19.3 Å². The molecule has 25 heteroatoms. The van der Waals surface area contributed by atoms with Crippen molar-refractivity contribution in [2.24, 2.45) is 0 Å². The van der Waals surface area contributed by atoms with Crippen molar-refractivity contribution in [1.29, 1.82) is 0 Å². The van der Waals surface area contributed by atoms with Gasteiger partial charge in [-0.3, -0.25) is 23.4 Å². The average molecular weight is 1430 g/mol. The van der Waals surface area contributed by atoms with Gasteiger partial charge in [-0.1, -0.05) is 225 Å². The Morgan fingerprint density at radius 2 is 0.714 bits per heavy atom. The lowest BCUT2D eigenvalue weighted by molar-refractivity contribution is -0.360. The number of allylic oxidation sites excluding steroid dienone is 4. The molecule has 574 valence electrons. The molecule has 18 atom stereocenters. The predicted molar refractivity (Wildman–Crippen MR) is 370 cm³/mol. The Morgan fingerprint density at radius 1 is 0.388 bits per heavy atom. The fourth-order valence-electron chi connectivity index (χ4n) is 12.5. The number of phosphoric ester groups is 1. The van der Waals surface area contributed by atoms with E-state index in [4.69, 9.17) is 42.2 Å². The van der Waals surface area contributed by atoms with Gasteiger partial charge in [-0.05, 0) is 70.6 Å². The summed E-state index contributed by atoms with van der Waals surface area (Å²) in [4.78, 5) is 51.0. The van der Waals surface area contributed by atoms with Crippen molar-refractivity contribution in [3.8, 4) is 0 Å². The average Bonchev–Trinajstić information content (AvgIpc) is 0.761. The normalized spacial score (nSPS) is 27.7. The topological polar surface area (TPSA) is 374 Å². The van der Waals surface area contributed by atoms with Crippen molar-refractivity contribution >= 4 is 25.7 Å². The molecule has 3 fully saturated rings. The molecule has 1 saturated carbocycles. The summed E-state index contributed by atoms with van der Waals surface area (Å²) >= 11 is 0. The minimum atomic E-state index is -5.70. The molecule has 3 aliphatic rings. The Morgan fingerprint density at radius 3 is 1.11 bits per heavy atom. The number of carbonyl (C=O) groups is 3. The third kappa shape index (κ3) is 37.7. The molecule has 0 radical (unpaired) electrons. The Bertz CT molecular complexity index is 2120. The zero-order valence-corrected chi connectivity index (χ0v) is 60.7. The summed E-state index contributed by atoms with van der Waals surface area (Å²) in [6.45, 7) is 3.42. The van der Waals surface area contributed by atoms with Crippen molar-refractivity contribution < 1.29 is 117 Å². The molecule has 24 nitrogen and oxygen atoms in total. The van der Waals surface area contributed by atoms with Crippen LogP contribution >= 0.6 is 7.82 Å². The smallest absolute Gasteiger partial charge is 0.463 e. The van der Waals surface area contributed by atoms with Crippen molar-refractivity contribution in [2.45, 2.75) is 395 Å². The summed E-state index contributed by atoms with van der Waals surface area (Å²) in [6, 6.07) is 0. The summed E-state index contributed by atoms with van der Waals surface area (Å²) in [5.41, 5.74) is 0. The second kappa shape index (κ2) is 55.0. The first-order valence-corrected chi connectivity index (χ1v) is 39.6. The molecular weight excluding hydrogens is 1290 g/mol. The number of esters is 3. The van der Waals surface area contributed by atoms with Crippen molar-refractivity contribution in [2.75, 3.05) is 26.4 Å². The van der Waals surface area contributed by atoms with Crippen LogP contribution < -0.4 is 0 Å². The molecular formula is C73H133O24P. The number of ether oxygens (including phenoxy) is 7. The van der Waals surface area contributed by atoms with Gasteiger partial charge in [-0.25, -0.2) is 4.57 Å². The van der Waals surface area contributed by atoms with Crippen molar-refractivity contribution in [1.82, 2.24) is 0 Å². The van der Waals surface area contributed by atoms with Crippen LogP contribution in [0, 0.1) is 0 Å². The summed E-state index contributed by atoms with van der Waals surface area (Å²) in [7, 11) is -5.70. The Labute approximate surface area is 585 Å². The van der Waals surface area contributed by atoms with Crippen molar-refractivity contribution in [3.05, 3.63) is 24.3 Å². The van der Waals surface area contributed by atoms with Gasteiger partial charge in [0.15, 0.2) is 18.7 Å². The first-order chi connectivity index (χ1) is 47.3. The standard InChI is InChI=1S/C73H133O24P/c1-4-7-10-13-16-19-22-25-28-31-33-35-38-41-44-47-57(75)89-51-54(92-59(77)49-46-43-40-37-34-30-27-24-21-18-15-12-9-6-3)52-91-98(87,88)97-71-69(95-72-67(85)62(80)60(78)55(50-74)93-72)65(83)64(82)66(84)70(71)96-73-68(86)63(81)61(79)56(94-73)53-90-58(76)48-45-42-39-36-32-29-26-23-20-17-14-11-8-5-2/h29-30,32,34,54-56,60-74,78-86H,4-28,31,33,35-53H2,1-3H3,(H,87,88)/b32-29-,34-30-. The van der Waals surface area contributed by atoms with Crippen LogP contribution in [0.2, 0.25) is 0 Å². The van der Waals surface area contributed by atoms with Gasteiger partial charge in [0.25, 0.3) is 0 Å². The third-order valence-electron chi connectivity index (χ3n) is 18.7. The zero-order chi connectivity index (χ0) is 71.8. The van der Waals surface area contributed by atoms with E-state index in [1.807, 2.05) is 0 Å². The predicted octanol–water partition coefficient (Wildman–Crippen LogP) is 10.5. The van der Waals surface area contributed by atoms with E-state index in [2.05, 4.69) is 45.1 Å². The quantitative estimate of drug-likeness (QED) is 0.00886. The number of hydrogen-bond acceptors (Lipinski definition) is 23. The molecule has 0 aromatic rings. The number of unbranched alkanes of at least 4 members (excludes halogenated alkanes) is 34. The second-order valence-corrected chi connectivity index (χ2v) is 28.8. The summed E-state index contributed by atoms with van der Waals surface area (Å²) < 4.78 is 65.0. The minimum absolute atomic E-state index is 0.00785. The minimum Gasteiger partial charge on any atom is -0.463 e. The number of aliphatic hydroxyl groups is 10. The van der Waals surface area contributed by atoms with E-state index in [0.717, 1.165) is 89.9 Å². The second-order valence-electron chi connectivity index (χ2n) is 27.4. The van der Waals surface area contributed by atoms with Gasteiger partial charge in [0.05, 0.1) is 13.2 Å². The molecule has 2 saturated heterocycles. The van der Waals surface area contributed by atoms with Crippen LogP contribution in [-0.2, 0) is 61.2 Å². The first-order valence-electron chi connectivity index (χ1n) is 38.1. The van der Waals surface area contributed by atoms with Gasteiger partial charge >= 0.3 is 25.7 Å². The van der Waals surface area contributed by atoms with Gasteiger partial charge in [0, 0.05) is 19.3 Å². The maximum absolute atomic E-state index is 14.3. The molecule has 0 spiro atoms. The molecule has 18 unspecified atom stereocenters. The zero-order valence-electron chi connectivity index (χ0n) is 59.8. The van der Waals surface area contributed by atoms with Crippen LogP contribution in [0.4, 0.5) is 0 Å². The van der Waals surface area contributed by atoms with E-state index in [1.54, 1.807) is 0 Å². The highest BCUT2D eigenvalue weighted by molar-refractivity contribution is 7.47. The molecule has 2 heterocycles. The van der Waals surface area contributed by atoms with E-state index < -0.39 is 156 Å². The SMILES string of the molecule is CCCCCCCCC/C=C\CCCCCC(=O)OCC1OC(OC2C(O)C(O)C(O)C(OC3OC(CO)C(O)C(O)C3O)C2OP(=O)(O)OCC(COC(=O)CCCCCCCCCCCCCCCCC)OC(=O)CCCCC/C=C\CCCCCCCCC)C(O)C(O)C1O. The van der Waals surface area contributed by atoms with Gasteiger partial charge < -0.3 is 89.1 Å². The highest BCUT2D eigenvalue weighted by Crippen LogP contribution is 2.49. The lowest BCUT2D eigenvalue weighted by Gasteiger charge is -2.49. The molecule has 1 aliphatic carbocycles. The molecule has 0 bridgehead atoms. The molecule has 2 aliphatic heterocycles. The van der Waals surface area contributed by atoms with Gasteiger partial charge in [0.1, 0.15) is 98.7 Å². The summed E-state index contributed by atoms with van der Waals surface area (Å²) in [5, 5.41) is 110. The van der Waals surface area contributed by atoms with E-state index in [0.29, 0.717) is 25.7 Å². The molecule has 0 aromatic carbocycles. The van der Waals surface area contributed by atoms with E-state index >= 15 is 0 Å². The van der Waals surface area contributed by atoms with Crippen LogP contribution in [0.3, 0.4) is 0 Å². The van der Waals surface area contributed by atoms with Crippen LogP contribution in [-0.4, -0.2) is 204 Å². The number of carbonyl (C=O) groups excluding carboxylic acids is 3. The molecule has 0 aromatic heterocycles. The molecule has 3 rings (SSSR count). The maximum atomic E-state index is 14.3. The number of rotatable bonds is 59. The number of aliphatic hydroxyl groups excluding tert-OH is 10. The monoisotopic (exact) mass is 1420 g/mol. The highest BCUT2D eigenvalue weighted by atomic mass is 31.2. The maximum Gasteiger partial charge on any atom is 0.472 e. The lowest BCUT2D eigenvalue weighted by Crippen LogP contribution is -2.69. The van der Waals surface area contributed by atoms with Crippen LogP contribution in [0.5, 0.6) is 0 Å². The Kier molecular flexibility index (Phi) is 50.3. The van der Waals surface area contributed by atoms with Crippen LogP contribution in [0.15, 0.2) is 24.3 Å². The highest BCUT2D eigenvalue weighted by Gasteiger charge is 2.58.